The number of benzene rings is 1. The average molecular weight is 312 g/mol. The minimum atomic E-state index is -0.185. The van der Waals surface area contributed by atoms with Crippen LogP contribution in [0.1, 0.15) is 12.8 Å². The topological polar surface area (TPSA) is 69.9 Å². The molecule has 1 atom stereocenters. The molecule has 0 bridgehead atoms. The largest absolute Gasteiger partial charge is 0.379 e. The number of anilines is 1. The maximum absolute atomic E-state index is 11.2. The fourth-order valence-electron chi connectivity index (χ4n) is 2.24. The highest BCUT2D eigenvalue weighted by Gasteiger charge is 2.15. The molecule has 1 aliphatic heterocycles. The number of rotatable bonds is 2. The molecule has 2 aromatic rings. The third kappa shape index (κ3) is 2.30. The first-order valence-corrected chi connectivity index (χ1v) is 6.77. The summed E-state index contributed by atoms with van der Waals surface area (Å²) in [6.45, 7) is 1.58. The van der Waals surface area contributed by atoms with E-state index in [1.165, 1.54) is 0 Å². The number of fused-ring (bicyclic) bond motifs is 1. The van der Waals surface area contributed by atoms with Gasteiger partial charge in [-0.15, -0.1) is 0 Å². The quantitative estimate of drug-likeness (QED) is 0.796. The van der Waals surface area contributed by atoms with Crippen LogP contribution in [0.4, 0.5) is 5.69 Å². The van der Waals surface area contributed by atoms with Crippen molar-refractivity contribution in [2.45, 2.75) is 18.9 Å². The van der Waals surface area contributed by atoms with E-state index in [-0.39, 0.29) is 5.69 Å². The molecule has 1 aromatic carbocycles. The lowest BCUT2D eigenvalue weighted by atomic mass is 10.1. The number of aromatic amines is 2. The van der Waals surface area contributed by atoms with Gasteiger partial charge in [-0.05, 0) is 40.9 Å². The van der Waals surface area contributed by atoms with Gasteiger partial charge in [0.2, 0.25) is 0 Å². The van der Waals surface area contributed by atoms with Crippen LogP contribution < -0.4 is 11.0 Å². The molecule has 1 aromatic heterocycles. The summed E-state index contributed by atoms with van der Waals surface area (Å²) in [5.41, 5.74) is 2.41. The third-order valence-corrected chi connectivity index (χ3v) is 3.78. The molecule has 3 rings (SSSR count). The van der Waals surface area contributed by atoms with Gasteiger partial charge in [-0.25, -0.2) is 4.79 Å². The van der Waals surface area contributed by atoms with Crippen molar-refractivity contribution in [2.24, 2.45) is 0 Å². The fourth-order valence-corrected chi connectivity index (χ4v) is 2.70. The molecule has 5 nitrogen and oxygen atoms in total. The molecule has 1 aliphatic rings. The van der Waals surface area contributed by atoms with E-state index < -0.39 is 0 Å². The highest BCUT2D eigenvalue weighted by Crippen LogP contribution is 2.27. The number of hydrogen-bond acceptors (Lipinski definition) is 3. The number of aromatic nitrogens is 2. The van der Waals surface area contributed by atoms with Gasteiger partial charge >= 0.3 is 5.69 Å². The van der Waals surface area contributed by atoms with E-state index in [2.05, 4.69) is 31.2 Å². The van der Waals surface area contributed by atoms with E-state index in [1.54, 1.807) is 0 Å². The number of imidazole rings is 1. The summed E-state index contributed by atoms with van der Waals surface area (Å²) in [5, 5.41) is 3.44. The van der Waals surface area contributed by atoms with E-state index >= 15 is 0 Å². The Labute approximate surface area is 112 Å². The van der Waals surface area contributed by atoms with Gasteiger partial charge < -0.3 is 20.0 Å². The second-order valence-corrected chi connectivity index (χ2v) is 5.37. The summed E-state index contributed by atoms with van der Waals surface area (Å²) >= 11 is 3.51. The Bertz CT molecular complexity index is 613. The van der Waals surface area contributed by atoms with Crippen LogP contribution in [-0.2, 0) is 4.74 Å². The number of nitrogens with one attached hydrogen (secondary N) is 3. The monoisotopic (exact) mass is 311 g/mol. The smallest absolute Gasteiger partial charge is 0.323 e. The third-order valence-electron chi connectivity index (χ3n) is 3.12. The zero-order valence-electron chi connectivity index (χ0n) is 9.75. The summed E-state index contributed by atoms with van der Waals surface area (Å²) in [5.74, 6) is 0. The molecule has 3 N–H and O–H groups in total. The van der Waals surface area contributed by atoms with Crippen molar-refractivity contribution in [3.8, 4) is 0 Å². The number of ether oxygens (including phenoxy) is 1. The molecule has 0 aliphatic carbocycles. The van der Waals surface area contributed by atoms with Crippen LogP contribution in [0, 0.1) is 0 Å². The fraction of sp³-hybridized carbons (Fsp3) is 0.417. The van der Waals surface area contributed by atoms with Gasteiger partial charge in [0.15, 0.2) is 0 Å². The van der Waals surface area contributed by atoms with Crippen molar-refractivity contribution in [1.82, 2.24) is 9.97 Å². The Kier molecular flexibility index (Phi) is 3.13. The van der Waals surface area contributed by atoms with E-state index in [0.29, 0.717) is 6.04 Å². The zero-order valence-corrected chi connectivity index (χ0v) is 11.3. The molecule has 1 fully saturated rings. The number of halogens is 1. The van der Waals surface area contributed by atoms with Gasteiger partial charge in [0.1, 0.15) is 0 Å². The first-order valence-electron chi connectivity index (χ1n) is 5.98. The maximum Gasteiger partial charge on any atom is 0.323 e. The van der Waals surface area contributed by atoms with Crippen LogP contribution in [0.15, 0.2) is 21.4 Å². The minimum absolute atomic E-state index is 0.185. The molecule has 6 heteroatoms. The summed E-state index contributed by atoms with van der Waals surface area (Å²) in [4.78, 5) is 16.7. The molecule has 0 radical (unpaired) electrons. The van der Waals surface area contributed by atoms with Crippen molar-refractivity contribution in [2.75, 3.05) is 18.5 Å². The minimum Gasteiger partial charge on any atom is -0.379 e. The Morgan fingerprint density at radius 3 is 2.83 bits per heavy atom. The van der Waals surface area contributed by atoms with Crippen LogP contribution in [0.3, 0.4) is 0 Å². The van der Waals surface area contributed by atoms with Gasteiger partial charge in [0, 0.05) is 17.1 Å². The first-order chi connectivity index (χ1) is 8.72. The molecular formula is C12H14BrN3O2. The van der Waals surface area contributed by atoms with Gasteiger partial charge in [-0.2, -0.15) is 0 Å². The van der Waals surface area contributed by atoms with Crippen molar-refractivity contribution in [3.05, 3.63) is 27.1 Å². The molecule has 2 heterocycles. The van der Waals surface area contributed by atoms with Crippen LogP contribution in [0.5, 0.6) is 0 Å². The predicted octanol–water partition coefficient (Wildman–Crippen LogP) is 2.21. The maximum atomic E-state index is 11.2. The van der Waals surface area contributed by atoms with Crippen molar-refractivity contribution in [1.29, 1.82) is 0 Å². The Morgan fingerprint density at radius 2 is 2.11 bits per heavy atom. The van der Waals surface area contributed by atoms with Crippen LogP contribution in [0.25, 0.3) is 11.0 Å². The van der Waals surface area contributed by atoms with Crippen LogP contribution in [-0.4, -0.2) is 29.2 Å². The molecule has 1 unspecified atom stereocenters. The van der Waals surface area contributed by atoms with Gasteiger partial charge in [0.05, 0.1) is 23.3 Å². The standard InChI is InChI=1S/C12H14BrN3O2/c13-8-4-10-11(16-12(17)15-10)5-9(8)14-7-2-1-3-18-6-7/h4-5,7,14H,1-3,6H2,(H2,15,16,17). The molecule has 0 amide bonds. The van der Waals surface area contributed by atoms with Crippen molar-refractivity contribution >= 4 is 32.7 Å². The van der Waals surface area contributed by atoms with Gasteiger partial charge in [-0.3, -0.25) is 0 Å². The van der Waals surface area contributed by atoms with Crippen LogP contribution >= 0.6 is 15.9 Å². The Morgan fingerprint density at radius 1 is 1.33 bits per heavy atom. The van der Waals surface area contributed by atoms with Crippen molar-refractivity contribution < 1.29 is 4.74 Å². The van der Waals surface area contributed by atoms with Gasteiger partial charge in [-0.1, -0.05) is 0 Å². The Balaban J connectivity index is 1.90. The lowest BCUT2D eigenvalue weighted by Crippen LogP contribution is -2.30. The summed E-state index contributed by atoms with van der Waals surface area (Å²) in [7, 11) is 0. The van der Waals surface area contributed by atoms with E-state index in [9.17, 15) is 4.79 Å². The van der Waals surface area contributed by atoms with Crippen molar-refractivity contribution in [3.63, 3.8) is 0 Å². The highest BCUT2D eigenvalue weighted by molar-refractivity contribution is 9.10. The SMILES string of the molecule is O=c1[nH]c2cc(Br)c(NC3CCCOC3)cc2[nH]1. The number of hydrogen-bond donors (Lipinski definition) is 3. The van der Waals surface area contributed by atoms with E-state index in [1.807, 2.05) is 12.1 Å². The second-order valence-electron chi connectivity index (χ2n) is 4.52. The zero-order chi connectivity index (χ0) is 12.5. The summed E-state index contributed by atoms with van der Waals surface area (Å²) in [6.07, 6.45) is 2.19. The molecule has 1 saturated heterocycles. The molecule has 0 spiro atoms. The lowest BCUT2D eigenvalue weighted by Gasteiger charge is -2.24. The van der Waals surface area contributed by atoms with E-state index in [4.69, 9.17) is 4.74 Å². The average Bonchev–Trinajstić information content (AvgIpc) is 2.70. The molecule has 0 saturated carbocycles. The predicted molar refractivity (Wildman–Crippen MR) is 74.1 cm³/mol. The molecule has 18 heavy (non-hydrogen) atoms. The molecule has 96 valence electrons. The highest BCUT2D eigenvalue weighted by atomic mass is 79.9. The summed E-state index contributed by atoms with van der Waals surface area (Å²) in [6, 6.07) is 4.17. The number of H-pyrrole nitrogens is 2. The molecular weight excluding hydrogens is 298 g/mol. The second kappa shape index (κ2) is 4.78. The normalized spacial score (nSPS) is 20.2. The summed E-state index contributed by atoms with van der Waals surface area (Å²) < 4.78 is 6.38. The Hall–Kier alpha value is -1.27. The van der Waals surface area contributed by atoms with Gasteiger partial charge in [0.25, 0.3) is 0 Å². The van der Waals surface area contributed by atoms with E-state index in [0.717, 1.165) is 47.2 Å². The lowest BCUT2D eigenvalue weighted by molar-refractivity contribution is 0.0876. The first kappa shape index (κ1) is 11.8. The van der Waals surface area contributed by atoms with Crippen LogP contribution in [0.2, 0.25) is 0 Å².